The van der Waals surface area contributed by atoms with Crippen LogP contribution in [-0.2, 0) is 5.41 Å². The molecule has 4 rings (SSSR count). The highest BCUT2D eigenvalue weighted by Gasteiger charge is 2.52. The Hall–Kier alpha value is -2.06. The van der Waals surface area contributed by atoms with Crippen LogP contribution in [0.5, 0.6) is 0 Å². The fourth-order valence-electron chi connectivity index (χ4n) is 2.89. The van der Waals surface area contributed by atoms with Gasteiger partial charge in [-0.05, 0) is 42.7 Å². The van der Waals surface area contributed by atoms with E-state index in [1.54, 1.807) is 18.2 Å². The van der Waals surface area contributed by atoms with Crippen LogP contribution in [-0.4, -0.2) is 5.78 Å². The summed E-state index contributed by atoms with van der Waals surface area (Å²) in [4.78, 5) is 12.9. The maximum Gasteiger partial charge on any atom is 0.208 e. The molecule has 1 aliphatic rings. The Kier molecular flexibility index (Phi) is 2.69. The van der Waals surface area contributed by atoms with E-state index in [-0.39, 0.29) is 11.2 Å². The van der Waals surface area contributed by atoms with Crippen LogP contribution in [0.15, 0.2) is 59.0 Å². The van der Waals surface area contributed by atoms with Crippen LogP contribution in [0.2, 0.25) is 5.02 Å². The summed E-state index contributed by atoms with van der Waals surface area (Å²) in [6.45, 7) is 0. The van der Waals surface area contributed by atoms with Crippen molar-refractivity contribution in [3.8, 4) is 0 Å². The Morgan fingerprint density at radius 1 is 1.05 bits per heavy atom. The van der Waals surface area contributed by atoms with E-state index in [9.17, 15) is 4.79 Å². The number of carbonyl (C=O) groups excluding carboxylic acids is 1. The largest absolute Gasteiger partial charge is 0.453 e. The standard InChI is InChI=1S/C18H13ClO2/c19-14-6-7-15-12(10-14)11-16(21-15)17(20)18(8-9-18)13-4-2-1-3-5-13/h1-7,10-11H,8-9H2. The van der Waals surface area contributed by atoms with Gasteiger partial charge in [-0.15, -0.1) is 0 Å². The van der Waals surface area contributed by atoms with Crippen LogP contribution in [0.4, 0.5) is 0 Å². The van der Waals surface area contributed by atoms with Gasteiger partial charge in [-0.3, -0.25) is 4.79 Å². The average Bonchev–Trinajstić information content (AvgIpc) is 3.21. The summed E-state index contributed by atoms with van der Waals surface area (Å²) in [7, 11) is 0. The molecular formula is C18H13ClO2. The Morgan fingerprint density at radius 3 is 2.52 bits per heavy atom. The van der Waals surface area contributed by atoms with Crippen LogP contribution in [0.1, 0.15) is 29.0 Å². The molecule has 0 amide bonds. The van der Waals surface area contributed by atoms with Gasteiger partial charge in [0.25, 0.3) is 0 Å². The van der Waals surface area contributed by atoms with Gasteiger partial charge in [0.1, 0.15) is 5.58 Å². The van der Waals surface area contributed by atoms with Crippen molar-refractivity contribution in [2.75, 3.05) is 0 Å². The summed E-state index contributed by atoms with van der Waals surface area (Å²) < 4.78 is 5.72. The number of fused-ring (bicyclic) bond motifs is 1. The SMILES string of the molecule is O=C(c1cc2cc(Cl)ccc2o1)C1(c2ccccc2)CC1. The maximum absolute atomic E-state index is 12.9. The molecule has 0 N–H and O–H groups in total. The highest BCUT2D eigenvalue weighted by Crippen LogP contribution is 2.50. The van der Waals surface area contributed by atoms with Gasteiger partial charge in [-0.1, -0.05) is 41.9 Å². The monoisotopic (exact) mass is 296 g/mol. The van der Waals surface area contributed by atoms with Gasteiger partial charge in [-0.25, -0.2) is 0 Å². The van der Waals surface area contributed by atoms with Crippen molar-refractivity contribution in [2.45, 2.75) is 18.3 Å². The smallest absolute Gasteiger partial charge is 0.208 e. The Labute approximate surface area is 127 Å². The van der Waals surface area contributed by atoms with Crippen LogP contribution in [0.3, 0.4) is 0 Å². The van der Waals surface area contributed by atoms with Gasteiger partial charge in [0, 0.05) is 10.4 Å². The number of benzene rings is 2. The zero-order chi connectivity index (χ0) is 14.4. The van der Waals surface area contributed by atoms with Gasteiger partial charge in [0.15, 0.2) is 5.76 Å². The summed E-state index contributed by atoms with van der Waals surface area (Å²) in [6.07, 6.45) is 1.77. The molecule has 1 fully saturated rings. The molecule has 0 atom stereocenters. The highest BCUT2D eigenvalue weighted by molar-refractivity contribution is 6.31. The number of hydrogen-bond acceptors (Lipinski definition) is 2. The lowest BCUT2D eigenvalue weighted by atomic mass is 9.90. The molecule has 3 heteroatoms. The van der Waals surface area contributed by atoms with Crippen LogP contribution in [0, 0.1) is 0 Å². The fraction of sp³-hybridized carbons (Fsp3) is 0.167. The number of carbonyl (C=O) groups is 1. The van der Waals surface area contributed by atoms with Crippen molar-refractivity contribution < 1.29 is 9.21 Å². The zero-order valence-corrected chi connectivity index (χ0v) is 12.1. The van der Waals surface area contributed by atoms with E-state index in [0.29, 0.717) is 16.4 Å². The normalized spacial score (nSPS) is 16.0. The van der Waals surface area contributed by atoms with E-state index in [1.807, 2.05) is 36.4 Å². The molecule has 1 saturated carbocycles. The molecular weight excluding hydrogens is 284 g/mol. The van der Waals surface area contributed by atoms with Crippen molar-refractivity contribution >= 4 is 28.4 Å². The number of hydrogen-bond donors (Lipinski definition) is 0. The molecule has 0 spiro atoms. The van der Waals surface area contributed by atoms with E-state index < -0.39 is 0 Å². The second-order valence-electron chi connectivity index (χ2n) is 5.57. The molecule has 3 aromatic rings. The number of Topliss-reactive ketones (excluding diaryl/α,β-unsaturated/α-hetero) is 1. The van der Waals surface area contributed by atoms with Crippen molar-refractivity contribution in [1.29, 1.82) is 0 Å². The predicted octanol–water partition coefficient (Wildman–Crippen LogP) is 5.00. The number of rotatable bonds is 3. The van der Waals surface area contributed by atoms with Crippen LogP contribution in [0.25, 0.3) is 11.0 Å². The van der Waals surface area contributed by atoms with E-state index in [1.165, 1.54) is 0 Å². The first-order valence-corrected chi connectivity index (χ1v) is 7.36. The van der Waals surface area contributed by atoms with E-state index in [0.717, 1.165) is 23.8 Å². The molecule has 0 radical (unpaired) electrons. The Bertz CT molecular complexity index is 829. The number of ketones is 1. The lowest BCUT2D eigenvalue weighted by molar-refractivity contribution is 0.0920. The molecule has 0 aliphatic heterocycles. The topological polar surface area (TPSA) is 30.2 Å². The quantitative estimate of drug-likeness (QED) is 0.637. The molecule has 1 aliphatic carbocycles. The van der Waals surface area contributed by atoms with Crippen LogP contribution < -0.4 is 0 Å². The predicted molar refractivity (Wildman–Crippen MR) is 82.9 cm³/mol. The van der Waals surface area contributed by atoms with Gasteiger partial charge in [-0.2, -0.15) is 0 Å². The second-order valence-corrected chi connectivity index (χ2v) is 6.01. The number of halogens is 1. The highest BCUT2D eigenvalue weighted by atomic mass is 35.5. The molecule has 104 valence electrons. The first-order valence-electron chi connectivity index (χ1n) is 6.98. The van der Waals surface area contributed by atoms with Gasteiger partial charge in [0.2, 0.25) is 5.78 Å². The molecule has 1 heterocycles. The second kappa shape index (κ2) is 4.47. The maximum atomic E-state index is 12.9. The van der Waals surface area contributed by atoms with E-state index >= 15 is 0 Å². The molecule has 0 saturated heterocycles. The Balaban J connectivity index is 1.77. The first kappa shape index (κ1) is 12.7. The molecule has 2 nitrogen and oxygen atoms in total. The minimum Gasteiger partial charge on any atom is -0.453 e. The van der Waals surface area contributed by atoms with Gasteiger partial charge in [0.05, 0.1) is 5.41 Å². The summed E-state index contributed by atoms with van der Waals surface area (Å²) in [5.74, 6) is 0.495. The lowest BCUT2D eigenvalue weighted by Gasteiger charge is -2.12. The van der Waals surface area contributed by atoms with Crippen molar-refractivity contribution in [3.05, 3.63) is 70.9 Å². The van der Waals surface area contributed by atoms with Crippen LogP contribution >= 0.6 is 11.6 Å². The summed E-state index contributed by atoms with van der Waals surface area (Å²) >= 11 is 5.98. The number of furan rings is 1. The lowest BCUT2D eigenvalue weighted by Crippen LogP contribution is -2.19. The van der Waals surface area contributed by atoms with Gasteiger partial charge < -0.3 is 4.42 Å². The van der Waals surface area contributed by atoms with E-state index in [4.69, 9.17) is 16.0 Å². The first-order chi connectivity index (χ1) is 10.2. The van der Waals surface area contributed by atoms with Crippen molar-refractivity contribution in [3.63, 3.8) is 0 Å². The minimum absolute atomic E-state index is 0.0704. The zero-order valence-electron chi connectivity index (χ0n) is 11.3. The fourth-order valence-corrected chi connectivity index (χ4v) is 3.07. The molecule has 0 bridgehead atoms. The summed E-state index contributed by atoms with van der Waals surface area (Å²) in [6, 6.07) is 17.1. The summed E-state index contributed by atoms with van der Waals surface area (Å²) in [5, 5.41) is 1.52. The third-order valence-corrected chi connectivity index (χ3v) is 4.45. The van der Waals surface area contributed by atoms with Gasteiger partial charge >= 0.3 is 0 Å². The Morgan fingerprint density at radius 2 is 1.81 bits per heavy atom. The minimum atomic E-state index is -0.390. The molecule has 21 heavy (non-hydrogen) atoms. The van der Waals surface area contributed by atoms with Crippen molar-refractivity contribution in [2.24, 2.45) is 0 Å². The molecule has 2 aromatic carbocycles. The molecule has 0 unspecified atom stereocenters. The van der Waals surface area contributed by atoms with Crippen molar-refractivity contribution in [1.82, 2.24) is 0 Å². The summed E-state index contributed by atoms with van der Waals surface area (Å²) in [5.41, 5.74) is 1.39. The molecule has 1 aromatic heterocycles. The third-order valence-electron chi connectivity index (χ3n) is 4.21. The average molecular weight is 297 g/mol. The third kappa shape index (κ3) is 1.98. The van der Waals surface area contributed by atoms with E-state index in [2.05, 4.69) is 0 Å².